The lowest BCUT2D eigenvalue weighted by Gasteiger charge is -2.25. The Morgan fingerprint density at radius 3 is 2.56 bits per heavy atom. The molecule has 1 aliphatic heterocycles. The summed E-state index contributed by atoms with van der Waals surface area (Å²) in [5.41, 5.74) is 0. The van der Waals surface area contributed by atoms with E-state index in [1.165, 1.54) is 0 Å². The van der Waals surface area contributed by atoms with Crippen LogP contribution < -0.4 is 5.32 Å². The predicted molar refractivity (Wildman–Crippen MR) is 32.4 cm³/mol. The Morgan fingerprint density at radius 1 is 1.67 bits per heavy atom. The van der Waals surface area contributed by atoms with Crippen molar-refractivity contribution in [1.29, 1.82) is 0 Å². The van der Waals surface area contributed by atoms with Gasteiger partial charge in [-0.3, -0.25) is 5.32 Å². The third-order valence-corrected chi connectivity index (χ3v) is 1.57. The van der Waals surface area contributed by atoms with Gasteiger partial charge in [0, 0.05) is 19.6 Å². The standard InChI is InChI=1S/C5H12N2O2/c1-2-7-4-3-6-5(7,8)9/h6,8-9H,2-4H2,1H3. The number of nitrogens with zero attached hydrogens (tertiary/aromatic N) is 1. The van der Waals surface area contributed by atoms with Crippen LogP contribution in [0.25, 0.3) is 0 Å². The van der Waals surface area contributed by atoms with Crippen molar-refractivity contribution in [3.8, 4) is 0 Å². The summed E-state index contributed by atoms with van der Waals surface area (Å²) in [6.45, 7) is 3.87. The zero-order chi connectivity index (χ0) is 6.91. The van der Waals surface area contributed by atoms with E-state index in [0.29, 0.717) is 19.6 Å². The molecule has 0 aliphatic carbocycles. The summed E-state index contributed by atoms with van der Waals surface area (Å²) in [5.74, 6) is 0. The average Bonchev–Trinajstić information content (AvgIpc) is 2.08. The van der Waals surface area contributed by atoms with Crippen LogP contribution in [0, 0.1) is 0 Å². The van der Waals surface area contributed by atoms with Crippen LogP contribution >= 0.6 is 0 Å². The first kappa shape index (κ1) is 6.95. The molecule has 0 atom stereocenters. The van der Waals surface area contributed by atoms with Crippen LogP contribution in [0.3, 0.4) is 0 Å². The molecule has 0 radical (unpaired) electrons. The van der Waals surface area contributed by atoms with E-state index in [1.807, 2.05) is 6.92 Å². The minimum Gasteiger partial charge on any atom is -0.340 e. The van der Waals surface area contributed by atoms with Gasteiger partial charge in [0.05, 0.1) is 0 Å². The van der Waals surface area contributed by atoms with E-state index in [0.717, 1.165) is 0 Å². The fraction of sp³-hybridized carbons (Fsp3) is 1.00. The quantitative estimate of drug-likeness (QED) is 0.380. The summed E-state index contributed by atoms with van der Waals surface area (Å²) in [7, 11) is 0. The monoisotopic (exact) mass is 132 g/mol. The van der Waals surface area contributed by atoms with E-state index >= 15 is 0 Å². The van der Waals surface area contributed by atoms with Crippen molar-refractivity contribution in [3.63, 3.8) is 0 Å². The van der Waals surface area contributed by atoms with Crippen molar-refractivity contribution in [2.75, 3.05) is 19.6 Å². The number of hydrogen-bond acceptors (Lipinski definition) is 4. The van der Waals surface area contributed by atoms with Crippen molar-refractivity contribution in [2.24, 2.45) is 0 Å². The zero-order valence-corrected chi connectivity index (χ0v) is 5.46. The summed E-state index contributed by atoms with van der Waals surface area (Å²) in [4.78, 5) is 1.55. The minimum atomic E-state index is -1.76. The van der Waals surface area contributed by atoms with Crippen LogP contribution in [0.1, 0.15) is 6.92 Å². The van der Waals surface area contributed by atoms with Crippen LogP contribution in [-0.4, -0.2) is 40.8 Å². The van der Waals surface area contributed by atoms with E-state index in [-0.39, 0.29) is 0 Å². The van der Waals surface area contributed by atoms with Gasteiger partial charge in [0.1, 0.15) is 0 Å². The molecule has 0 bridgehead atoms. The molecule has 1 heterocycles. The molecule has 1 aliphatic rings. The fourth-order valence-corrected chi connectivity index (χ4v) is 1.00. The van der Waals surface area contributed by atoms with Crippen LogP contribution in [0.2, 0.25) is 0 Å². The summed E-state index contributed by atoms with van der Waals surface area (Å²) in [6.07, 6.45) is 0. The van der Waals surface area contributed by atoms with E-state index in [4.69, 9.17) is 10.2 Å². The molecule has 1 rings (SSSR count). The van der Waals surface area contributed by atoms with Gasteiger partial charge >= 0.3 is 0 Å². The Hall–Kier alpha value is -0.160. The van der Waals surface area contributed by atoms with Crippen LogP contribution in [-0.2, 0) is 0 Å². The Bertz CT molecular complexity index is 105. The van der Waals surface area contributed by atoms with Crippen molar-refractivity contribution >= 4 is 0 Å². The SMILES string of the molecule is CCN1CCNC1(O)O. The lowest BCUT2D eigenvalue weighted by atomic mass is 10.5. The molecule has 4 heteroatoms. The third kappa shape index (κ3) is 1.21. The van der Waals surface area contributed by atoms with Crippen molar-refractivity contribution in [1.82, 2.24) is 10.2 Å². The average molecular weight is 132 g/mol. The molecular weight excluding hydrogens is 120 g/mol. The molecule has 0 spiro atoms. The van der Waals surface area contributed by atoms with Gasteiger partial charge in [-0.15, -0.1) is 0 Å². The zero-order valence-electron chi connectivity index (χ0n) is 5.46. The largest absolute Gasteiger partial charge is 0.340 e. The van der Waals surface area contributed by atoms with Gasteiger partial charge in [0.2, 0.25) is 0 Å². The lowest BCUT2D eigenvalue weighted by Crippen LogP contribution is -2.51. The van der Waals surface area contributed by atoms with Gasteiger partial charge in [0.15, 0.2) is 0 Å². The molecule has 54 valence electrons. The highest BCUT2D eigenvalue weighted by molar-refractivity contribution is 4.73. The van der Waals surface area contributed by atoms with Crippen molar-refractivity contribution in [3.05, 3.63) is 0 Å². The Morgan fingerprint density at radius 2 is 2.33 bits per heavy atom. The molecule has 1 fully saturated rings. The van der Waals surface area contributed by atoms with E-state index in [1.54, 1.807) is 4.90 Å². The first-order valence-electron chi connectivity index (χ1n) is 3.11. The highest BCUT2D eigenvalue weighted by atomic mass is 16.6. The van der Waals surface area contributed by atoms with Gasteiger partial charge in [-0.1, -0.05) is 6.92 Å². The molecule has 4 nitrogen and oxygen atoms in total. The van der Waals surface area contributed by atoms with Crippen molar-refractivity contribution in [2.45, 2.75) is 13.0 Å². The maximum absolute atomic E-state index is 9.02. The third-order valence-electron chi connectivity index (χ3n) is 1.57. The van der Waals surface area contributed by atoms with Gasteiger partial charge < -0.3 is 10.2 Å². The molecule has 0 aromatic heterocycles. The summed E-state index contributed by atoms with van der Waals surface area (Å²) in [6, 6.07) is -1.76. The number of aliphatic hydroxyl groups is 2. The molecule has 1 saturated heterocycles. The number of hydrogen-bond donors (Lipinski definition) is 3. The predicted octanol–water partition coefficient (Wildman–Crippen LogP) is -1.49. The molecule has 0 aromatic carbocycles. The van der Waals surface area contributed by atoms with E-state index < -0.39 is 6.03 Å². The maximum atomic E-state index is 9.02. The Balaban J connectivity index is 2.52. The van der Waals surface area contributed by atoms with Gasteiger partial charge in [0.25, 0.3) is 6.03 Å². The number of likely N-dealkylation sites (N-methyl/N-ethyl adjacent to an activating group) is 1. The number of rotatable bonds is 1. The van der Waals surface area contributed by atoms with E-state index in [2.05, 4.69) is 5.32 Å². The molecule has 0 unspecified atom stereocenters. The second-order valence-electron chi connectivity index (χ2n) is 2.14. The first-order valence-corrected chi connectivity index (χ1v) is 3.11. The first-order chi connectivity index (χ1) is 4.17. The molecule has 3 N–H and O–H groups in total. The Kier molecular flexibility index (Phi) is 1.72. The molecule has 9 heavy (non-hydrogen) atoms. The fourth-order valence-electron chi connectivity index (χ4n) is 1.00. The Labute approximate surface area is 54.1 Å². The molecular formula is C5H12N2O2. The van der Waals surface area contributed by atoms with E-state index in [9.17, 15) is 0 Å². The smallest absolute Gasteiger partial charge is 0.289 e. The van der Waals surface area contributed by atoms with Crippen LogP contribution in [0.15, 0.2) is 0 Å². The second-order valence-corrected chi connectivity index (χ2v) is 2.14. The highest BCUT2D eigenvalue weighted by Crippen LogP contribution is 2.08. The van der Waals surface area contributed by atoms with Gasteiger partial charge in [-0.05, 0) is 0 Å². The lowest BCUT2D eigenvalue weighted by molar-refractivity contribution is -0.258. The molecule has 0 amide bonds. The maximum Gasteiger partial charge on any atom is 0.289 e. The van der Waals surface area contributed by atoms with Crippen molar-refractivity contribution < 1.29 is 10.2 Å². The van der Waals surface area contributed by atoms with Crippen LogP contribution in [0.4, 0.5) is 0 Å². The minimum absolute atomic E-state index is 0.640. The van der Waals surface area contributed by atoms with Crippen LogP contribution in [0.5, 0.6) is 0 Å². The number of nitrogens with one attached hydrogen (secondary N) is 1. The van der Waals surface area contributed by atoms with Gasteiger partial charge in [-0.25, -0.2) is 4.90 Å². The summed E-state index contributed by atoms with van der Waals surface area (Å²) >= 11 is 0. The molecule has 0 aromatic rings. The summed E-state index contributed by atoms with van der Waals surface area (Å²) in [5, 5.41) is 20.6. The van der Waals surface area contributed by atoms with Gasteiger partial charge in [-0.2, -0.15) is 0 Å². The normalized spacial score (nSPS) is 27.0. The highest BCUT2D eigenvalue weighted by Gasteiger charge is 2.34. The summed E-state index contributed by atoms with van der Waals surface area (Å²) < 4.78 is 0. The topological polar surface area (TPSA) is 55.7 Å². The molecule has 0 saturated carbocycles. The second kappa shape index (κ2) is 2.22.